The maximum absolute atomic E-state index is 13.6. The van der Waals surface area contributed by atoms with Gasteiger partial charge in [-0.15, -0.1) is 0 Å². The minimum atomic E-state index is -0.655. The van der Waals surface area contributed by atoms with Gasteiger partial charge in [0.25, 0.3) is 0 Å². The number of rotatable bonds is 4. The highest BCUT2D eigenvalue weighted by molar-refractivity contribution is 5.58. The van der Waals surface area contributed by atoms with E-state index in [-0.39, 0.29) is 5.69 Å². The molecule has 3 rings (SSSR count). The van der Waals surface area contributed by atoms with Crippen LogP contribution in [0.1, 0.15) is 18.5 Å². The van der Waals surface area contributed by atoms with Gasteiger partial charge in [0.2, 0.25) is 5.95 Å². The lowest BCUT2D eigenvalue weighted by molar-refractivity contribution is 0.586. The van der Waals surface area contributed by atoms with E-state index < -0.39 is 11.6 Å². The molecule has 0 unspecified atom stereocenters. The van der Waals surface area contributed by atoms with E-state index in [2.05, 4.69) is 20.6 Å². The fourth-order valence-electron chi connectivity index (χ4n) is 1.84. The van der Waals surface area contributed by atoms with Crippen molar-refractivity contribution in [3.8, 4) is 0 Å². The summed E-state index contributed by atoms with van der Waals surface area (Å²) in [6.07, 6.45) is 2.24. The van der Waals surface area contributed by atoms with Crippen molar-refractivity contribution in [1.82, 2.24) is 9.97 Å². The Morgan fingerprint density at radius 2 is 1.95 bits per heavy atom. The zero-order valence-electron chi connectivity index (χ0n) is 11.0. The number of anilines is 3. The molecule has 4 nitrogen and oxygen atoms in total. The zero-order chi connectivity index (χ0) is 14.1. The van der Waals surface area contributed by atoms with E-state index in [4.69, 9.17) is 0 Å². The van der Waals surface area contributed by atoms with E-state index in [0.29, 0.717) is 17.8 Å². The molecule has 1 aromatic carbocycles. The van der Waals surface area contributed by atoms with E-state index in [1.807, 2.05) is 6.92 Å². The van der Waals surface area contributed by atoms with Gasteiger partial charge in [0.1, 0.15) is 17.5 Å². The molecule has 20 heavy (non-hydrogen) atoms. The first-order valence-electron chi connectivity index (χ1n) is 6.44. The normalized spacial score (nSPS) is 14.2. The summed E-state index contributed by atoms with van der Waals surface area (Å²) in [7, 11) is 0. The second-order valence-corrected chi connectivity index (χ2v) is 4.89. The lowest BCUT2D eigenvalue weighted by Gasteiger charge is -2.10. The third-order valence-corrected chi connectivity index (χ3v) is 2.96. The molecular formula is C14H14F2N4. The lowest BCUT2D eigenvalue weighted by Crippen LogP contribution is -2.08. The third kappa shape index (κ3) is 3.01. The van der Waals surface area contributed by atoms with Crippen LogP contribution in [0.5, 0.6) is 0 Å². The van der Waals surface area contributed by atoms with Gasteiger partial charge in [0.15, 0.2) is 0 Å². The van der Waals surface area contributed by atoms with Crippen LogP contribution in [0.25, 0.3) is 0 Å². The van der Waals surface area contributed by atoms with Gasteiger partial charge in [-0.2, -0.15) is 4.98 Å². The Morgan fingerprint density at radius 3 is 2.65 bits per heavy atom. The molecule has 1 fully saturated rings. The van der Waals surface area contributed by atoms with Crippen molar-refractivity contribution in [2.45, 2.75) is 25.8 Å². The van der Waals surface area contributed by atoms with Crippen molar-refractivity contribution in [2.75, 3.05) is 10.6 Å². The van der Waals surface area contributed by atoms with Crippen molar-refractivity contribution >= 4 is 17.5 Å². The van der Waals surface area contributed by atoms with Crippen LogP contribution in [0.15, 0.2) is 24.3 Å². The summed E-state index contributed by atoms with van der Waals surface area (Å²) in [5, 5.41) is 6.03. The zero-order valence-corrected chi connectivity index (χ0v) is 11.0. The molecule has 1 heterocycles. The number of aryl methyl sites for hydroxylation is 1. The summed E-state index contributed by atoms with van der Waals surface area (Å²) >= 11 is 0. The Hall–Kier alpha value is -2.24. The number of nitrogens with zero attached hydrogens (tertiary/aromatic N) is 2. The van der Waals surface area contributed by atoms with Gasteiger partial charge in [-0.25, -0.2) is 13.8 Å². The molecule has 0 atom stereocenters. The molecule has 0 spiro atoms. The van der Waals surface area contributed by atoms with Crippen molar-refractivity contribution in [1.29, 1.82) is 0 Å². The van der Waals surface area contributed by atoms with E-state index in [0.717, 1.165) is 24.6 Å². The van der Waals surface area contributed by atoms with Crippen molar-refractivity contribution in [2.24, 2.45) is 0 Å². The van der Waals surface area contributed by atoms with Crippen LogP contribution in [0, 0.1) is 18.6 Å². The molecule has 104 valence electrons. The Morgan fingerprint density at radius 1 is 1.15 bits per heavy atom. The Balaban J connectivity index is 1.83. The van der Waals surface area contributed by atoms with E-state index in [9.17, 15) is 8.78 Å². The fraction of sp³-hybridized carbons (Fsp3) is 0.286. The number of nitrogens with one attached hydrogen (secondary N) is 2. The summed E-state index contributed by atoms with van der Waals surface area (Å²) in [4.78, 5) is 8.55. The summed E-state index contributed by atoms with van der Waals surface area (Å²) in [5.74, 6) is -0.260. The molecule has 0 aliphatic heterocycles. The van der Waals surface area contributed by atoms with Crippen LogP contribution < -0.4 is 10.6 Å². The second kappa shape index (κ2) is 5.03. The van der Waals surface area contributed by atoms with Gasteiger partial charge in [0, 0.05) is 23.9 Å². The van der Waals surface area contributed by atoms with Gasteiger partial charge < -0.3 is 10.6 Å². The largest absolute Gasteiger partial charge is 0.351 e. The van der Waals surface area contributed by atoms with E-state index in [1.54, 1.807) is 6.07 Å². The molecule has 1 aliphatic rings. The number of aromatic nitrogens is 2. The van der Waals surface area contributed by atoms with Gasteiger partial charge in [-0.3, -0.25) is 0 Å². The van der Waals surface area contributed by atoms with Crippen LogP contribution in [0.2, 0.25) is 0 Å². The fourth-order valence-corrected chi connectivity index (χ4v) is 1.84. The second-order valence-electron chi connectivity index (χ2n) is 4.89. The minimum absolute atomic E-state index is 0.182. The molecule has 1 aliphatic carbocycles. The molecule has 2 N–H and O–H groups in total. The molecule has 0 bridgehead atoms. The van der Waals surface area contributed by atoms with Crippen molar-refractivity contribution < 1.29 is 8.78 Å². The molecule has 1 aromatic heterocycles. The summed E-state index contributed by atoms with van der Waals surface area (Å²) < 4.78 is 26.5. The number of hydrogen-bond donors (Lipinski definition) is 2. The van der Waals surface area contributed by atoms with Crippen molar-refractivity contribution in [3.05, 3.63) is 41.6 Å². The SMILES string of the molecule is Cc1cc(Nc2ccc(F)cc2F)nc(NC2CC2)n1. The smallest absolute Gasteiger partial charge is 0.225 e. The van der Waals surface area contributed by atoms with Gasteiger partial charge >= 0.3 is 0 Å². The van der Waals surface area contributed by atoms with E-state index in [1.165, 1.54) is 12.1 Å². The molecule has 0 radical (unpaired) electrons. The highest BCUT2D eigenvalue weighted by Crippen LogP contribution is 2.25. The summed E-state index contributed by atoms with van der Waals surface area (Å²) in [5.41, 5.74) is 0.954. The monoisotopic (exact) mass is 276 g/mol. The third-order valence-electron chi connectivity index (χ3n) is 2.96. The Bertz CT molecular complexity index is 641. The molecule has 6 heteroatoms. The number of halogens is 2. The van der Waals surface area contributed by atoms with Gasteiger partial charge in [-0.05, 0) is 31.9 Å². The quantitative estimate of drug-likeness (QED) is 0.898. The molecule has 0 saturated heterocycles. The van der Waals surface area contributed by atoms with E-state index >= 15 is 0 Å². The van der Waals surface area contributed by atoms with Crippen LogP contribution in [0.4, 0.5) is 26.2 Å². The predicted molar refractivity (Wildman–Crippen MR) is 73.1 cm³/mol. The van der Waals surface area contributed by atoms with Crippen LogP contribution in [-0.4, -0.2) is 16.0 Å². The first-order valence-corrected chi connectivity index (χ1v) is 6.44. The average molecular weight is 276 g/mol. The Kier molecular flexibility index (Phi) is 3.22. The minimum Gasteiger partial charge on any atom is -0.351 e. The Labute approximate surface area is 115 Å². The van der Waals surface area contributed by atoms with Crippen molar-refractivity contribution in [3.63, 3.8) is 0 Å². The summed E-state index contributed by atoms with van der Waals surface area (Å²) in [6.45, 7) is 1.84. The summed E-state index contributed by atoms with van der Waals surface area (Å²) in [6, 6.07) is 5.52. The molecule has 0 amide bonds. The molecule has 2 aromatic rings. The highest BCUT2D eigenvalue weighted by atomic mass is 19.1. The average Bonchev–Trinajstić information content (AvgIpc) is 3.16. The van der Waals surface area contributed by atoms with Crippen LogP contribution in [-0.2, 0) is 0 Å². The molecular weight excluding hydrogens is 262 g/mol. The van der Waals surface area contributed by atoms with Crippen LogP contribution >= 0.6 is 0 Å². The highest BCUT2D eigenvalue weighted by Gasteiger charge is 2.22. The molecule has 1 saturated carbocycles. The van der Waals surface area contributed by atoms with Gasteiger partial charge in [-0.1, -0.05) is 0 Å². The lowest BCUT2D eigenvalue weighted by atomic mass is 10.3. The number of hydrogen-bond acceptors (Lipinski definition) is 4. The maximum Gasteiger partial charge on any atom is 0.225 e. The van der Waals surface area contributed by atoms with Gasteiger partial charge in [0.05, 0.1) is 5.69 Å². The topological polar surface area (TPSA) is 49.8 Å². The number of benzene rings is 1. The van der Waals surface area contributed by atoms with Crippen LogP contribution in [0.3, 0.4) is 0 Å². The first-order chi connectivity index (χ1) is 9.60. The standard InChI is InChI=1S/C14H14F2N4/c1-8-6-13(20-14(17-8)18-10-3-4-10)19-12-5-2-9(15)7-11(12)16/h2,5-7,10H,3-4H2,1H3,(H2,17,18,19,20). The predicted octanol–water partition coefficient (Wildman–Crippen LogP) is 3.38. The maximum atomic E-state index is 13.6. The first kappa shape index (κ1) is 12.8.